The number of hydrogen-bond acceptors (Lipinski definition) is 4. The summed E-state index contributed by atoms with van der Waals surface area (Å²) in [4.78, 5) is 7.92. The molecule has 2 rings (SSSR count). The van der Waals surface area contributed by atoms with Gasteiger partial charge >= 0.3 is 6.18 Å². The Morgan fingerprint density at radius 1 is 1.21 bits per heavy atom. The molecular weight excluding hydrogens is 392 g/mol. The van der Waals surface area contributed by atoms with E-state index in [9.17, 15) is 17.6 Å². The van der Waals surface area contributed by atoms with Crippen molar-refractivity contribution >= 4 is 5.96 Å². The van der Waals surface area contributed by atoms with Crippen LogP contribution in [-0.2, 0) is 6.54 Å². The van der Waals surface area contributed by atoms with Crippen molar-refractivity contribution in [3.05, 3.63) is 54.0 Å². The normalized spacial score (nSPS) is 13.0. The van der Waals surface area contributed by atoms with Crippen LogP contribution in [0.4, 0.5) is 17.6 Å². The fourth-order valence-electron chi connectivity index (χ4n) is 2.22. The number of hydrogen-bond donors (Lipinski definition) is 2. The van der Waals surface area contributed by atoms with Gasteiger partial charge in [0.25, 0.3) is 0 Å². The maximum absolute atomic E-state index is 13.2. The Balaban J connectivity index is 1.75. The molecule has 0 aliphatic carbocycles. The molecular formula is C19H22F4N4O2. The van der Waals surface area contributed by atoms with Crippen molar-refractivity contribution in [2.24, 2.45) is 4.99 Å². The summed E-state index contributed by atoms with van der Waals surface area (Å²) in [7, 11) is 1.60. The Hall–Kier alpha value is -3.04. The van der Waals surface area contributed by atoms with E-state index in [1.165, 1.54) is 24.4 Å². The van der Waals surface area contributed by atoms with E-state index < -0.39 is 12.8 Å². The van der Waals surface area contributed by atoms with Crippen LogP contribution in [0.1, 0.15) is 12.5 Å². The van der Waals surface area contributed by atoms with Gasteiger partial charge < -0.3 is 20.1 Å². The van der Waals surface area contributed by atoms with Gasteiger partial charge in [0.15, 0.2) is 12.6 Å². The SMILES string of the molecule is CN=C(NCc1ccc(OCC(F)(F)F)nc1)NCC(C)Oc1cccc(F)c1. The predicted octanol–water partition coefficient (Wildman–Crippen LogP) is 3.29. The molecule has 0 radical (unpaired) electrons. The summed E-state index contributed by atoms with van der Waals surface area (Å²) in [6.45, 7) is 1.21. The zero-order valence-electron chi connectivity index (χ0n) is 16.0. The van der Waals surface area contributed by atoms with Gasteiger partial charge in [0.2, 0.25) is 5.88 Å². The molecule has 0 bridgehead atoms. The molecule has 0 amide bonds. The van der Waals surface area contributed by atoms with Gasteiger partial charge in [-0.2, -0.15) is 13.2 Å². The first kappa shape index (κ1) is 22.3. The Morgan fingerprint density at radius 3 is 2.62 bits per heavy atom. The summed E-state index contributed by atoms with van der Waals surface area (Å²) in [5.74, 6) is 0.457. The Bertz CT molecular complexity index is 798. The number of guanidine groups is 1. The minimum Gasteiger partial charge on any atom is -0.489 e. The Labute approximate surface area is 166 Å². The van der Waals surface area contributed by atoms with E-state index in [1.807, 2.05) is 6.92 Å². The molecule has 6 nitrogen and oxygen atoms in total. The summed E-state index contributed by atoms with van der Waals surface area (Å²) in [6, 6.07) is 8.85. The minimum absolute atomic E-state index is 0.100. The van der Waals surface area contributed by atoms with Crippen LogP contribution in [0.3, 0.4) is 0 Å². The largest absolute Gasteiger partial charge is 0.489 e. The number of rotatable bonds is 8. The van der Waals surface area contributed by atoms with Gasteiger partial charge in [0, 0.05) is 31.9 Å². The molecule has 10 heteroatoms. The second-order valence-corrected chi connectivity index (χ2v) is 6.10. The molecule has 1 aromatic heterocycles. The highest BCUT2D eigenvalue weighted by atomic mass is 19.4. The van der Waals surface area contributed by atoms with Crippen molar-refractivity contribution in [3.63, 3.8) is 0 Å². The maximum Gasteiger partial charge on any atom is 0.422 e. The standard InChI is InChI=1S/C19H22F4N4O2/c1-13(29-16-5-3-4-15(20)8-16)9-26-18(24-2)27-11-14-6-7-17(25-10-14)28-12-19(21,22)23/h3-8,10,13H,9,11-12H2,1-2H3,(H2,24,26,27). The van der Waals surface area contributed by atoms with Crippen LogP contribution < -0.4 is 20.1 Å². The van der Waals surface area contributed by atoms with E-state index in [0.29, 0.717) is 24.8 Å². The van der Waals surface area contributed by atoms with E-state index >= 15 is 0 Å². The van der Waals surface area contributed by atoms with Crippen LogP contribution in [0.2, 0.25) is 0 Å². The molecule has 1 atom stereocenters. The van der Waals surface area contributed by atoms with Gasteiger partial charge in [-0.05, 0) is 24.6 Å². The number of benzene rings is 1. The van der Waals surface area contributed by atoms with Crippen LogP contribution in [0.5, 0.6) is 11.6 Å². The molecule has 2 N–H and O–H groups in total. The number of pyridine rings is 1. The molecule has 0 saturated carbocycles. The second kappa shape index (κ2) is 10.5. The molecule has 0 fully saturated rings. The molecule has 1 heterocycles. The van der Waals surface area contributed by atoms with E-state index in [4.69, 9.17) is 4.74 Å². The Kier molecular flexibility index (Phi) is 8.05. The number of halogens is 4. The molecule has 158 valence electrons. The molecule has 29 heavy (non-hydrogen) atoms. The number of aliphatic imine (C=N–C) groups is 1. The lowest BCUT2D eigenvalue weighted by atomic mass is 10.3. The lowest BCUT2D eigenvalue weighted by Gasteiger charge is -2.18. The molecule has 0 aliphatic heterocycles. The third-order valence-corrected chi connectivity index (χ3v) is 3.56. The summed E-state index contributed by atoms with van der Waals surface area (Å²) in [6.07, 6.45) is -3.24. The number of aromatic nitrogens is 1. The molecule has 1 unspecified atom stereocenters. The van der Waals surface area contributed by atoms with Gasteiger partial charge in [-0.25, -0.2) is 9.37 Å². The van der Waals surface area contributed by atoms with E-state index in [2.05, 4.69) is 25.3 Å². The molecule has 2 aromatic rings. The van der Waals surface area contributed by atoms with Crippen molar-refractivity contribution in [1.82, 2.24) is 15.6 Å². The smallest absolute Gasteiger partial charge is 0.422 e. The van der Waals surface area contributed by atoms with Gasteiger partial charge in [0.05, 0.1) is 6.54 Å². The lowest BCUT2D eigenvalue weighted by molar-refractivity contribution is -0.154. The summed E-state index contributed by atoms with van der Waals surface area (Å²) in [5.41, 5.74) is 0.733. The number of nitrogens with zero attached hydrogens (tertiary/aromatic N) is 2. The first-order chi connectivity index (χ1) is 13.7. The molecule has 0 aliphatic rings. The van der Waals surface area contributed by atoms with Crippen molar-refractivity contribution < 1.29 is 27.0 Å². The second-order valence-electron chi connectivity index (χ2n) is 6.10. The lowest BCUT2D eigenvalue weighted by Crippen LogP contribution is -2.41. The van der Waals surface area contributed by atoms with Crippen LogP contribution in [0.25, 0.3) is 0 Å². The van der Waals surface area contributed by atoms with Crippen molar-refractivity contribution in [1.29, 1.82) is 0 Å². The fraction of sp³-hybridized carbons (Fsp3) is 0.368. The van der Waals surface area contributed by atoms with Crippen molar-refractivity contribution in [2.45, 2.75) is 25.7 Å². The third-order valence-electron chi connectivity index (χ3n) is 3.56. The fourth-order valence-corrected chi connectivity index (χ4v) is 2.22. The average molecular weight is 414 g/mol. The first-order valence-corrected chi connectivity index (χ1v) is 8.76. The summed E-state index contributed by atoms with van der Waals surface area (Å²) >= 11 is 0. The van der Waals surface area contributed by atoms with Crippen LogP contribution in [0.15, 0.2) is 47.6 Å². The third kappa shape index (κ3) is 8.67. The topological polar surface area (TPSA) is 67.8 Å². The van der Waals surface area contributed by atoms with Gasteiger partial charge in [-0.3, -0.25) is 4.99 Å². The van der Waals surface area contributed by atoms with Crippen molar-refractivity contribution in [2.75, 3.05) is 20.2 Å². The van der Waals surface area contributed by atoms with Gasteiger partial charge in [-0.1, -0.05) is 12.1 Å². The van der Waals surface area contributed by atoms with E-state index in [-0.39, 0.29) is 17.8 Å². The minimum atomic E-state index is -4.41. The monoisotopic (exact) mass is 414 g/mol. The highest BCUT2D eigenvalue weighted by Crippen LogP contribution is 2.17. The van der Waals surface area contributed by atoms with Crippen molar-refractivity contribution in [3.8, 4) is 11.6 Å². The zero-order chi connectivity index (χ0) is 21.3. The summed E-state index contributed by atoms with van der Waals surface area (Å²) < 4.78 is 59.8. The highest BCUT2D eigenvalue weighted by molar-refractivity contribution is 5.79. The molecule has 0 spiro atoms. The number of alkyl halides is 3. The first-order valence-electron chi connectivity index (χ1n) is 8.76. The molecule has 0 saturated heterocycles. The molecule has 1 aromatic carbocycles. The highest BCUT2D eigenvalue weighted by Gasteiger charge is 2.28. The number of nitrogens with one attached hydrogen (secondary N) is 2. The van der Waals surface area contributed by atoms with Crippen LogP contribution in [0, 0.1) is 5.82 Å². The van der Waals surface area contributed by atoms with Gasteiger partial charge in [0.1, 0.15) is 17.7 Å². The summed E-state index contributed by atoms with van der Waals surface area (Å²) in [5, 5.41) is 6.12. The van der Waals surface area contributed by atoms with Crippen LogP contribution in [-0.4, -0.2) is 43.4 Å². The van der Waals surface area contributed by atoms with E-state index in [1.54, 1.807) is 25.2 Å². The number of ether oxygens (including phenoxy) is 2. The zero-order valence-corrected chi connectivity index (χ0v) is 16.0. The average Bonchev–Trinajstić information content (AvgIpc) is 2.67. The van der Waals surface area contributed by atoms with E-state index in [0.717, 1.165) is 5.56 Å². The quantitative estimate of drug-likeness (QED) is 0.394. The predicted molar refractivity (Wildman–Crippen MR) is 100 cm³/mol. The Morgan fingerprint density at radius 2 is 2.00 bits per heavy atom. The van der Waals surface area contributed by atoms with Crippen LogP contribution >= 0.6 is 0 Å². The maximum atomic E-state index is 13.2. The van der Waals surface area contributed by atoms with Gasteiger partial charge in [-0.15, -0.1) is 0 Å².